The Balaban J connectivity index is 2.23. The summed E-state index contributed by atoms with van der Waals surface area (Å²) in [4.78, 5) is 0. The SMILES string of the molecule is CCOc1ccc(Cl)cc1[C@@H]1C[C@H]1CN. The van der Waals surface area contributed by atoms with Gasteiger partial charge in [-0.1, -0.05) is 11.6 Å². The van der Waals surface area contributed by atoms with E-state index >= 15 is 0 Å². The second-order valence-electron chi connectivity index (χ2n) is 3.95. The van der Waals surface area contributed by atoms with Crippen molar-refractivity contribution in [3.63, 3.8) is 0 Å². The summed E-state index contributed by atoms with van der Waals surface area (Å²) in [5.74, 6) is 2.13. The molecule has 2 atom stereocenters. The van der Waals surface area contributed by atoms with Crippen LogP contribution in [0.2, 0.25) is 5.02 Å². The highest BCUT2D eigenvalue weighted by molar-refractivity contribution is 6.30. The molecule has 0 aromatic heterocycles. The zero-order valence-corrected chi connectivity index (χ0v) is 9.63. The van der Waals surface area contributed by atoms with Crippen molar-refractivity contribution in [2.45, 2.75) is 19.3 Å². The Hall–Kier alpha value is -0.730. The summed E-state index contributed by atoms with van der Waals surface area (Å²) in [7, 11) is 0. The highest BCUT2D eigenvalue weighted by Gasteiger charge is 2.38. The van der Waals surface area contributed by atoms with Gasteiger partial charge in [0.15, 0.2) is 0 Å². The van der Waals surface area contributed by atoms with Crippen molar-refractivity contribution < 1.29 is 4.74 Å². The maximum atomic E-state index is 5.99. The third-order valence-corrected chi connectivity index (χ3v) is 3.13. The Morgan fingerprint density at radius 2 is 2.33 bits per heavy atom. The molecule has 1 saturated carbocycles. The van der Waals surface area contributed by atoms with Crippen LogP contribution in [0.1, 0.15) is 24.8 Å². The molecule has 1 aliphatic carbocycles. The van der Waals surface area contributed by atoms with Crippen LogP contribution in [0.15, 0.2) is 18.2 Å². The van der Waals surface area contributed by atoms with E-state index in [2.05, 4.69) is 0 Å². The van der Waals surface area contributed by atoms with E-state index in [-0.39, 0.29) is 0 Å². The Morgan fingerprint density at radius 1 is 1.53 bits per heavy atom. The Labute approximate surface area is 95.4 Å². The molecule has 0 spiro atoms. The lowest BCUT2D eigenvalue weighted by molar-refractivity contribution is 0.336. The zero-order chi connectivity index (χ0) is 10.8. The maximum Gasteiger partial charge on any atom is 0.122 e. The van der Waals surface area contributed by atoms with Crippen molar-refractivity contribution in [2.24, 2.45) is 11.7 Å². The molecule has 0 bridgehead atoms. The Kier molecular flexibility index (Phi) is 3.17. The molecular weight excluding hydrogens is 210 g/mol. The van der Waals surface area contributed by atoms with Crippen molar-refractivity contribution in [1.82, 2.24) is 0 Å². The van der Waals surface area contributed by atoms with Crippen LogP contribution in [-0.4, -0.2) is 13.2 Å². The van der Waals surface area contributed by atoms with E-state index < -0.39 is 0 Å². The first kappa shape index (κ1) is 10.8. The van der Waals surface area contributed by atoms with E-state index in [1.165, 1.54) is 5.56 Å². The van der Waals surface area contributed by atoms with E-state index in [1.54, 1.807) is 0 Å². The van der Waals surface area contributed by atoms with Crippen LogP contribution in [0.5, 0.6) is 5.75 Å². The topological polar surface area (TPSA) is 35.2 Å². The van der Waals surface area contributed by atoms with Gasteiger partial charge in [-0.25, -0.2) is 0 Å². The van der Waals surface area contributed by atoms with Crippen LogP contribution in [0.25, 0.3) is 0 Å². The molecule has 2 nitrogen and oxygen atoms in total. The number of hydrogen-bond acceptors (Lipinski definition) is 2. The first-order chi connectivity index (χ1) is 7.26. The largest absolute Gasteiger partial charge is 0.494 e. The van der Waals surface area contributed by atoms with Crippen LogP contribution in [0.4, 0.5) is 0 Å². The lowest BCUT2D eigenvalue weighted by Gasteiger charge is -2.10. The standard InChI is InChI=1S/C12H16ClNO/c1-2-15-12-4-3-9(13)6-11(12)10-5-8(10)7-14/h3-4,6,8,10H,2,5,7,14H2,1H3/t8-,10+/m0/s1. The minimum Gasteiger partial charge on any atom is -0.494 e. The van der Waals surface area contributed by atoms with Crippen molar-refractivity contribution in [3.8, 4) is 5.75 Å². The molecule has 2 N–H and O–H groups in total. The molecule has 0 unspecified atom stereocenters. The van der Waals surface area contributed by atoms with Crippen LogP contribution >= 0.6 is 11.6 Å². The molecular formula is C12H16ClNO. The van der Waals surface area contributed by atoms with E-state index in [0.29, 0.717) is 18.4 Å². The normalized spacial score (nSPS) is 23.9. The summed E-state index contributed by atoms with van der Waals surface area (Å²) >= 11 is 5.99. The highest BCUT2D eigenvalue weighted by atomic mass is 35.5. The molecule has 1 aromatic rings. The first-order valence-electron chi connectivity index (χ1n) is 5.38. The third-order valence-electron chi connectivity index (χ3n) is 2.90. The number of benzene rings is 1. The van der Waals surface area contributed by atoms with Gasteiger partial charge in [0.2, 0.25) is 0 Å². The third kappa shape index (κ3) is 2.27. The van der Waals surface area contributed by atoms with Crippen LogP contribution in [-0.2, 0) is 0 Å². The van der Waals surface area contributed by atoms with Crippen LogP contribution in [0, 0.1) is 5.92 Å². The lowest BCUT2D eigenvalue weighted by Crippen LogP contribution is -2.03. The number of ether oxygens (including phenoxy) is 1. The van der Waals surface area contributed by atoms with Gasteiger partial charge in [-0.05, 0) is 55.5 Å². The Morgan fingerprint density at radius 3 is 2.93 bits per heavy atom. The molecule has 3 heteroatoms. The molecule has 82 valence electrons. The molecule has 1 aliphatic rings. The molecule has 0 saturated heterocycles. The molecule has 15 heavy (non-hydrogen) atoms. The lowest BCUT2D eigenvalue weighted by atomic mass is 10.1. The molecule has 0 radical (unpaired) electrons. The second kappa shape index (κ2) is 4.42. The molecule has 0 amide bonds. The molecule has 2 rings (SSSR count). The molecule has 0 heterocycles. The molecule has 0 aliphatic heterocycles. The van der Waals surface area contributed by atoms with Gasteiger partial charge >= 0.3 is 0 Å². The van der Waals surface area contributed by atoms with Gasteiger partial charge in [0.25, 0.3) is 0 Å². The van der Waals surface area contributed by atoms with Gasteiger partial charge in [-0.15, -0.1) is 0 Å². The summed E-state index contributed by atoms with van der Waals surface area (Å²) in [5.41, 5.74) is 6.87. The van der Waals surface area contributed by atoms with Gasteiger partial charge in [-0.3, -0.25) is 0 Å². The summed E-state index contributed by atoms with van der Waals surface area (Å²) in [6.45, 7) is 3.43. The van der Waals surface area contributed by atoms with Crippen LogP contribution in [0.3, 0.4) is 0 Å². The first-order valence-corrected chi connectivity index (χ1v) is 5.76. The average Bonchev–Trinajstić information content (AvgIpc) is 3.00. The summed E-state index contributed by atoms with van der Waals surface area (Å²) in [6.07, 6.45) is 1.16. The number of halogens is 1. The quantitative estimate of drug-likeness (QED) is 0.855. The number of hydrogen-bond donors (Lipinski definition) is 1. The van der Waals surface area contributed by atoms with Gasteiger partial charge < -0.3 is 10.5 Å². The van der Waals surface area contributed by atoms with E-state index in [0.717, 1.165) is 23.7 Å². The van der Waals surface area contributed by atoms with Gasteiger partial charge in [-0.2, -0.15) is 0 Å². The summed E-state index contributed by atoms with van der Waals surface area (Å²) in [5, 5.41) is 0.774. The fourth-order valence-electron chi connectivity index (χ4n) is 1.99. The van der Waals surface area contributed by atoms with E-state index in [9.17, 15) is 0 Å². The minimum atomic E-state index is 0.551. The summed E-state index contributed by atoms with van der Waals surface area (Å²) in [6, 6.07) is 5.83. The van der Waals surface area contributed by atoms with Crippen molar-refractivity contribution in [1.29, 1.82) is 0 Å². The van der Waals surface area contributed by atoms with Crippen molar-refractivity contribution in [3.05, 3.63) is 28.8 Å². The van der Waals surface area contributed by atoms with Crippen molar-refractivity contribution in [2.75, 3.05) is 13.2 Å². The number of rotatable bonds is 4. The highest BCUT2D eigenvalue weighted by Crippen LogP contribution is 2.50. The van der Waals surface area contributed by atoms with Gasteiger partial charge in [0.05, 0.1) is 6.61 Å². The van der Waals surface area contributed by atoms with E-state index in [4.69, 9.17) is 22.1 Å². The predicted octanol–water partition coefficient (Wildman–Crippen LogP) is 2.80. The second-order valence-corrected chi connectivity index (χ2v) is 4.39. The monoisotopic (exact) mass is 225 g/mol. The fourth-order valence-corrected chi connectivity index (χ4v) is 2.17. The maximum absolute atomic E-state index is 5.99. The van der Waals surface area contributed by atoms with E-state index in [1.807, 2.05) is 25.1 Å². The van der Waals surface area contributed by atoms with Gasteiger partial charge in [0, 0.05) is 5.02 Å². The molecule has 1 aromatic carbocycles. The smallest absolute Gasteiger partial charge is 0.122 e. The van der Waals surface area contributed by atoms with Crippen molar-refractivity contribution >= 4 is 11.6 Å². The minimum absolute atomic E-state index is 0.551. The summed E-state index contributed by atoms with van der Waals surface area (Å²) < 4.78 is 5.59. The fraction of sp³-hybridized carbons (Fsp3) is 0.500. The molecule has 1 fully saturated rings. The number of nitrogens with two attached hydrogens (primary N) is 1. The predicted molar refractivity (Wildman–Crippen MR) is 62.5 cm³/mol. The van der Waals surface area contributed by atoms with Gasteiger partial charge in [0.1, 0.15) is 5.75 Å². The Bertz CT molecular complexity index is 353. The van der Waals surface area contributed by atoms with Crippen LogP contribution < -0.4 is 10.5 Å². The average molecular weight is 226 g/mol. The zero-order valence-electron chi connectivity index (χ0n) is 8.87.